The van der Waals surface area contributed by atoms with Crippen LogP contribution in [0, 0.1) is 0 Å². The highest BCUT2D eigenvalue weighted by atomic mass is 16.4. The number of benzene rings is 1. The summed E-state index contributed by atoms with van der Waals surface area (Å²) in [6.45, 7) is 0. The predicted molar refractivity (Wildman–Crippen MR) is 54.6 cm³/mol. The Morgan fingerprint density at radius 1 is 1.47 bits per heavy atom. The summed E-state index contributed by atoms with van der Waals surface area (Å²) >= 11 is 0. The van der Waals surface area contributed by atoms with Gasteiger partial charge in [0.05, 0.1) is 5.56 Å². The molecule has 1 heterocycles. The molecule has 0 radical (unpaired) electrons. The second kappa shape index (κ2) is 3.23. The van der Waals surface area contributed by atoms with Crippen LogP contribution < -0.4 is 5.01 Å². The molecule has 0 saturated carbocycles. The minimum absolute atomic E-state index is 0.200. The molecule has 0 aliphatic rings. The average molecular weight is 206 g/mol. The Hall–Kier alpha value is -2.11. The fourth-order valence-corrected chi connectivity index (χ4v) is 1.41. The summed E-state index contributed by atoms with van der Waals surface area (Å²) in [5, 5.41) is 18.4. The number of aromatic nitrogens is 3. The van der Waals surface area contributed by atoms with Crippen molar-refractivity contribution in [1.29, 1.82) is 0 Å². The predicted octanol–water partition coefficient (Wildman–Crippen LogP) is 0.327. The number of rotatable bonds is 2. The third-order valence-electron chi connectivity index (χ3n) is 2.06. The quantitative estimate of drug-likeness (QED) is 0.766. The molecule has 0 fully saturated rings. The Morgan fingerprint density at radius 3 is 2.80 bits per heavy atom. The first-order valence-corrected chi connectivity index (χ1v) is 4.36. The van der Waals surface area contributed by atoms with Gasteiger partial charge in [-0.25, -0.2) is 4.79 Å². The molecule has 0 aliphatic heterocycles. The normalized spacial score (nSPS) is 10.5. The van der Waals surface area contributed by atoms with Gasteiger partial charge in [0.25, 0.3) is 0 Å². The Balaban J connectivity index is 2.80. The number of carbonyl (C=O) groups is 1. The molecule has 0 saturated heterocycles. The Bertz CT molecular complexity index is 518. The summed E-state index contributed by atoms with van der Waals surface area (Å²) in [4.78, 5) is 12.5. The number of fused-ring (bicyclic) bond motifs is 1. The fraction of sp³-hybridized carbons (Fsp3) is 0.222. The van der Waals surface area contributed by atoms with E-state index < -0.39 is 5.97 Å². The first-order valence-electron chi connectivity index (χ1n) is 4.36. The Labute approximate surface area is 85.7 Å². The van der Waals surface area contributed by atoms with E-state index in [-0.39, 0.29) is 5.56 Å². The van der Waals surface area contributed by atoms with Gasteiger partial charge in [0.1, 0.15) is 11.0 Å². The lowest BCUT2D eigenvalue weighted by Crippen LogP contribution is -2.26. The van der Waals surface area contributed by atoms with E-state index in [0.29, 0.717) is 11.0 Å². The number of hydrogen-bond acceptors (Lipinski definition) is 4. The standard InChI is InChI=1S/C9H10N4O2/c1-12(2)13-8-6(9(14)15)4-3-5-7(8)10-11-13/h3-5H,1-2H3,(H,14,15). The molecule has 0 unspecified atom stereocenters. The van der Waals surface area contributed by atoms with Crippen molar-refractivity contribution in [2.45, 2.75) is 0 Å². The maximum atomic E-state index is 11.0. The van der Waals surface area contributed by atoms with E-state index in [1.165, 1.54) is 10.9 Å². The van der Waals surface area contributed by atoms with Gasteiger partial charge in [0, 0.05) is 14.1 Å². The maximum absolute atomic E-state index is 11.0. The minimum Gasteiger partial charge on any atom is -0.478 e. The number of carboxylic acid groups (broad SMARTS) is 1. The molecule has 0 aliphatic carbocycles. The summed E-state index contributed by atoms with van der Waals surface area (Å²) in [7, 11) is 3.54. The van der Waals surface area contributed by atoms with Crippen LogP contribution >= 0.6 is 0 Å². The average Bonchev–Trinajstić information content (AvgIpc) is 2.60. The van der Waals surface area contributed by atoms with E-state index in [0.717, 1.165) is 0 Å². The van der Waals surface area contributed by atoms with Crippen LogP contribution in [0.25, 0.3) is 11.0 Å². The van der Waals surface area contributed by atoms with E-state index in [2.05, 4.69) is 10.3 Å². The smallest absolute Gasteiger partial charge is 0.338 e. The molecule has 15 heavy (non-hydrogen) atoms. The number of para-hydroxylation sites is 1. The Morgan fingerprint density at radius 2 is 2.20 bits per heavy atom. The summed E-state index contributed by atoms with van der Waals surface area (Å²) in [6.07, 6.45) is 0. The molecule has 6 nitrogen and oxygen atoms in total. The van der Waals surface area contributed by atoms with Crippen LogP contribution in [0.2, 0.25) is 0 Å². The number of nitrogens with zero attached hydrogens (tertiary/aromatic N) is 4. The van der Waals surface area contributed by atoms with Crippen molar-refractivity contribution in [2.75, 3.05) is 19.1 Å². The molecule has 78 valence electrons. The van der Waals surface area contributed by atoms with Crippen molar-refractivity contribution in [1.82, 2.24) is 15.1 Å². The van der Waals surface area contributed by atoms with Crippen LogP contribution in [0.15, 0.2) is 18.2 Å². The highest BCUT2D eigenvalue weighted by Crippen LogP contribution is 2.16. The highest BCUT2D eigenvalue weighted by molar-refractivity contribution is 6.00. The van der Waals surface area contributed by atoms with Crippen molar-refractivity contribution in [2.24, 2.45) is 0 Å². The molecule has 2 aromatic rings. The molecule has 0 spiro atoms. The zero-order valence-electron chi connectivity index (χ0n) is 8.38. The molecule has 1 aromatic heterocycles. The number of aromatic carboxylic acids is 1. The van der Waals surface area contributed by atoms with Gasteiger partial charge in [0.15, 0.2) is 0 Å². The molecule has 6 heteroatoms. The van der Waals surface area contributed by atoms with Gasteiger partial charge >= 0.3 is 5.97 Å². The summed E-state index contributed by atoms with van der Waals surface area (Å²) in [5.41, 5.74) is 1.28. The SMILES string of the molecule is CN(C)n1nnc2cccc(C(=O)O)c21. The van der Waals surface area contributed by atoms with Gasteiger partial charge < -0.3 is 10.1 Å². The molecule has 0 atom stereocenters. The van der Waals surface area contributed by atoms with Crippen molar-refractivity contribution in [3.05, 3.63) is 23.8 Å². The molecular formula is C9H10N4O2. The molecule has 0 bridgehead atoms. The van der Waals surface area contributed by atoms with Crippen LogP contribution in [-0.2, 0) is 0 Å². The van der Waals surface area contributed by atoms with Gasteiger partial charge in [0.2, 0.25) is 0 Å². The molecule has 0 amide bonds. The van der Waals surface area contributed by atoms with E-state index in [1.807, 2.05) is 0 Å². The maximum Gasteiger partial charge on any atom is 0.338 e. The highest BCUT2D eigenvalue weighted by Gasteiger charge is 2.15. The van der Waals surface area contributed by atoms with Crippen LogP contribution in [0.4, 0.5) is 0 Å². The van der Waals surface area contributed by atoms with E-state index in [1.54, 1.807) is 31.2 Å². The van der Waals surface area contributed by atoms with Crippen LogP contribution in [0.5, 0.6) is 0 Å². The third-order valence-corrected chi connectivity index (χ3v) is 2.06. The zero-order valence-corrected chi connectivity index (χ0v) is 8.38. The molecule has 1 aromatic carbocycles. The number of carboxylic acids is 1. The van der Waals surface area contributed by atoms with Crippen molar-refractivity contribution in [3.8, 4) is 0 Å². The van der Waals surface area contributed by atoms with Crippen LogP contribution in [-0.4, -0.2) is 40.3 Å². The van der Waals surface area contributed by atoms with Crippen molar-refractivity contribution < 1.29 is 9.90 Å². The van der Waals surface area contributed by atoms with Gasteiger partial charge in [-0.3, -0.25) is 0 Å². The van der Waals surface area contributed by atoms with Crippen LogP contribution in [0.3, 0.4) is 0 Å². The van der Waals surface area contributed by atoms with Crippen molar-refractivity contribution in [3.63, 3.8) is 0 Å². The molecular weight excluding hydrogens is 196 g/mol. The Kier molecular flexibility index (Phi) is 2.03. The lowest BCUT2D eigenvalue weighted by atomic mass is 10.2. The van der Waals surface area contributed by atoms with E-state index >= 15 is 0 Å². The zero-order chi connectivity index (χ0) is 11.0. The van der Waals surface area contributed by atoms with E-state index in [4.69, 9.17) is 5.11 Å². The van der Waals surface area contributed by atoms with Gasteiger partial charge in [-0.05, 0) is 17.3 Å². The largest absolute Gasteiger partial charge is 0.478 e. The molecule has 1 N–H and O–H groups in total. The van der Waals surface area contributed by atoms with Gasteiger partial charge in [-0.15, -0.1) is 5.10 Å². The third kappa shape index (κ3) is 1.39. The van der Waals surface area contributed by atoms with Crippen LogP contribution in [0.1, 0.15) is 10.4 Å². The van der Waals surface area contributed by atoms with Gasteiger partial charge in [-0.2, -0.15) is 4.79 Å². The first-order chi connectivity index (χ1) is 7.11. The topological polar surface area (TPSA) is 71.2 Å². The summed E-state index contributed by atoms with van der Waals surface area (Å²) < 4.78 is 0. The number of hydrogen-bond donors (Lipinski definition) is 1. The summed E-state index contributed by atoms with van der Waals surface area (Å²) in [5.74, 6) is -0.981. The summed E-state index contributed by atoms with van der Waals surface area (Å²) in [6, 6.07) is 4.92. The molecule has 2 rings (SSSR count). The van der Waals surface area contributed by atoms with Gasteiger partial charge in [-0.1, -0.05) is 6.07 Å². The fourth-order valence-electron chi connectivity index (χ4n) is 1.41. The van der Waals surface area contributed by atoms with Crippen molar-refractivity contribution >= 4 is 17.0 Å². The first kappa shape index (κ1) is 9.45. The minimum atomic E-state index is -0.981. The second-order valence-electron chi connectivity index (χ2n) is 3.30. The lowest BCUT2D eigenvalue weighted by Gasteiger charge is -2.12. The second-order valence-corrected chi connectivity index (χ2v) is 3.30. The monoisotopic (exact) mass is 206 g/mol. The van der Waals surface area contributed by atoms with E-state index in [9.17, 15) is 4.79 Å². The lowest BCUT2D eigenvalue weighted by molar-refractivity contribution is 0.0698.